The Labute approximate surface area is 95.7 Å². The van der Waals surface area contributed by atoms with Crippen molar-refractivity contribution in [2.75, 3.05) is 19.6 Å². The third-order valence-corrected chi connectivity index (χ3v) is 3.28. The molecule has 0 aromatic carbocycles. The number of hydrogen-bond donors (Lipinski definition) is 1. The second-order valence-corrected chi connectivity index (χ2v) is 4.46. The summed E-state index contributed by atoms with van der Waals surface area (Å²) in [5, 5.41) is 3.56. The molecule has 0 aliphatic carbocycles. The highest BCUT2D eigenvalue weighted by Crippen LogP contribution is 2.21. The minimum Gasteiger partial charge on any atom is -0.312 e. The van der Waals surface area contributed by atoms with Crippen LogP contribution in [-0.2, 0) is 0 Å². The van der Waals surface area contributed by atoms with Crippen molar-refractivity contribution < 1.29 is 0 Å². The maximum Gasteiger partial charge on any atom is 0.0309 e. The van der Waals surface area contributed by atoms with Gasteiger partial charge in [-0.2, -0.15) is 0 Å². The van der Waals surface area contributed by atoms with Gasteiger partial charge in [-0.25, -0.2) is 0 Å². The first-order chi connectivity index (χ1) is 7.04. The van der Waals surface area contributed by atoms with Gasteiger partial charge in [-0.1, -0.05) is 26.8 Å². The van der Waals surface area contributed by atoms with Gasteiger partial charge in [-0.3, -0.25) is 4.90 Å². The first-order valence-electron chi connectivity index (χ1n) is 6.13. The summed E-state index contributed by atoms with van der Waals surface area (Å²) in [6.07, 6.45) is 3.04. The van der Waals surface area contributed by atoms with Crippen LogP contribution < -0.4 is 5.32 Å². The SMILES string of the molecule is C=CCC(NCC)C(C)(C)N(CC)CC. The van der Waals surface area contributed by atoms with Gasteiger partial charge in [-0.15, -0.1) is 6.58 Å². The van der Waals surface area contributed by atoms with Crippen molar-refractivity contribution in [3.8, 4) is 0 Å². The van der Waals surface area contributed by atoms with Crippen LogP contribution >= 0.6 is 0 Å². The number of rotatable bonds is 8. The van der Waals surface area contributed by atoms with E-state index in [4.69, 9.17) is 0 Å². The highest BCUT2D eigenvalue weighted by atomic mass is 15.2. The Morgan fingerprint density at radius 2 is 1.80 bits per heavy atom. The van der Waals surface area contributed by atoms with Crippen molar-refractivity contribution >= 4 is 0 Å². The maximum atomic E-state index is 3.85. The molecular formula is C13H28N2. The molecule has 2 nitrogen and oxygen atoms in total. The Morgan fingerprint density at radius 3 is 2.13 bits per heavy atom. The van der Waals surface area contributed by atoms with Crippen molar-refractivity contribution in [2.45, 2.75) is 52.6 Å². The van der Waals surface area contributed by atoms with Crippen LogP contribution in [0.3, 0.4) is 0 Å². The quantitative estimate of drug-likeness (QED) is 0.622. The molecule has 0 aromatic rings. The van der Waals surface area contributed by atoms with Crippen LogP contribution in [0.2, 0.25) is 0 Å². The third kappa shape index (κ3) is 3.96. The van der Waals surface area contributed by atoms with Crippen molar-refractivity contribution in [3.05, 3.63) is 12.7 Å². The second-order valence-electron chi connectivity index (χ2n) is 4.46. The fraction of sp³-hybridized carbons (Fsp3) is 0.846. The molecule has 0 amide bonds. The zero-order chi connectivity index (χ0) is 11.9. The number of hydrogen-bond acceptors (Lipinski definition) is 2. The van der Waals surface area contributed by atoms with E-state index in [-0.39, 0.29) is 5.54 Å². The van der Waals surface area contributed by atoms with E-state index in [1.807, 2.05) is 6.08 Å². The standard InChI is InChI=1S/C13H28N2/c1-7-11-12(14-8-2)13(5,6)15(9-3)10-4/h7,12,14H,1,8-11H2,2-6H3. The van der Waals surface area contributed by atoms with Gasteiger partial charge in [0, 0.05) is 11.6 Å². The van der Waals surface area contributed by atoms with Crippen LogP contribution in [0.4, 0.5) is 0 Å². The highest BCUT2D eigenvalue weighted by molar-refractivity contribution is 4.96. The number of likely N-dealkylation sites (N-methyl/N-ethyl adjacent to an activating group) is 2. The molecule has 0 rings (SSSR count). The summed E-state index contributed by atoms with van der Waals surface area (Å²) in [5.41, 5.74) is 0.188. The van der Waals surface area contributed by atoms with E-state index in [9.17, 15) is 0 Å². The molecule has 0 aliphatic heterocycles. The predicted octanol–water partition coefficient (Wildman–Crippen LogP) is 2.66. The lowest BCUT2D eigenvalue weighted by molar-refractivity contribution is 0.0929. The molecule has 0 bridgehead atoms. The van der Waals surface area contributed by atoms with Gasteiger partial charge in [0.1, 0.15) is 0 Å². The first kappa shape index (κ1) is 14.7. The Balaban J connectivity index is 4.65. The topological polar surface area (TPSA) is 15.3 Å². The van der Waals surface area contributed by atoms with E-state index in [1.54, 1.807) is 0 Å². The molecule has 0 aromatic heterocycles. The van der Waals surface area contributed by atoms with Crippen molar-refractivity contribution in [3.63, 3.8) is 0 Å². The first-order valence-corrected chi connectivity index (χ1v) is 6.13. The summed E-state index contributed by atoms with van der Waals surface area (Å²) in [7, 11) is 0. The lowest BCUT2D eigenvalue weighted by Crippen LogP contribution is -2.57. The van der Waals surface area contributed by atoms with Crippen molar-refractivity contribution in [1.29, 1.82) is 0 Å². The summed E-state index contributed by atoms with van der Waals surface area (Å²) in [4.78, 5) is 2.50. The molecule has 0 heterocycles. The average Bonchev–Trinajstić information content (AvgIpc) is 2.19. The molecule has 90 valence electrons. The Kier molecular flexibility index (Phi) is 6.86. The van der Waals surface area contributed by atoms with Crippen LogP contribution in [-0.4, -0.2) is 36.1 Å². The molecule has 0 fully saturated rings. The molecule has 2 heteroatoms. The number of nitrogens with one attached hydrogen (secondary N) is 1. The molecule has 0 saturated heterocycles. The second kappa shape index (κ2) is 7.02. The van der Waals surface area contributed by atoms with Gasteiger partial charge in [0.25, 0.3) is 0 Å². The van der Waals surface area contributed by atoms with E-state index < -0.39 is 0 Å². The van der Waals surface area contributed by atoms with Crippen LogP contribution in [0.5, 0.6) is 0 Å². The number of nitrogens with zero attached hydrogens (tertiary/aromatic N) is 1. The summed E-state index contributed by atoms with van der Waals surface area (Å²) in [6.45, 7) is 18.3. The molecule has 1 unspecified atom stereocenters. The average molecular weight is 212 g/mol. The van der Waals surface area contributed by atoms with Crippen LogP contribution in [0.15, 0.2) is 12.7 Å². The zero-order valence-electron chi connectivity index (χ0n) is 11.1. The van der Waals surface area contributed by atoms with E-state index >= 15 is 0 Å². The van der Waals surface area contributed by atoms with Gasteiger partial charge >= 0.3 is 0 Å². The molecule has 1 N–H and O–H groups in total. The normalized spacial score (nSPS) is 14.3. The van der Waals surface area contributed by atoms with Crippen molar-refractivity contribution in [1.82, 2.24) is 10.2 Å². The molecule has 0 spiro atoms. The van der Waals surface area contributed by atoms with Crippen LogP contribution in [0.1, 0.15) is 41.0 Å². The molecule has 15 heavy (non-hydrogen) atoms. The van der Waals surface area contributed by atoms with Gasteiger partial charge in [0.2, 0.25) is 0 Å². The Bertz CT molecular complexity index is 171. The minimum atomic E-state index is 0.188. The van der Waals surface area contributed by atoms with Gasteiger partial charge in [0.05, 0.1) is 0 Å². The van der Waals surface area contributed by atoms with E-state index in [0.29, 0.717) is 6.04 Å². The van der Waals surface area contributed by atoms with Crippen LogP contribution in [0.25, 0.3) is 0 Å². The molecule has 1 atom stereocenters. The summed E-state index contributed by atoms with van der Waals surface area (Å²) in [6, 6.07) is 0.486. The van der Waals surface area contributed by atoms with E-state index in [2.05, 4.69) is 51.4 Å². The minimum absolute atomic E-state index is 0.188. The lowest BCUT2D eigenvalue weighted by Gasteiger charge is -2.43. The Morgan fingerprint density at radius 1 is 1.27 bits per heavy atom. The summed E-state index contributed by atoms with van der Waals surface area (Å²) >= 11 is 0. The highest BCUT2D eigenvalue weighted by Gasteiger charge is 2.32. The maximum absolute atomic E-state index is 3.85. The molecular weight excluding hydrogens is 184 g/mol. The van der Waals surface area contributed by atoms with Crippen LogP contribution in [0, 0.1) is 0 Å². The van der Waals surface area contributed by atoms with Crippen molar-refractivity contribution in [2.24, 2.45) is 0 Å². The van der Waals surface area contributed by atoms with E-state index in [0.717, 1.165) is 26.1 Å². The monoisotopic (exact) mass is 212 g/mol. The van der Waals surface area contributed by atoms with Gasteiger partial charge in [-0.05, 0) is 39.9 Å². The fourth-order valence-electron chi connectivity index (χ4n) is 2.29. The lowest BCUT2D eigenvalue weighted by atomic mass is 9.89. The van der Waals surface area contributed by atoms with Gasteiger partial charge in [0.15, 0.2) is 0 Å². The third-order valence-electron chi connectivity index (χ3n) is 3.28. The predicted molar refractivity (Wildman–Crippen MR) is 69.3 cm³/mol. The largest absolute Gasteiger partial charge is 0.312 e. The fourth-order valence-corrected chi connectivity index (χ4v) is 2.29. The molecule has 0 radical (unpaired) electrons. The Hall–Kier alpha value is -0.340. The van der Waals surface area contributed by atoms with E-state index in [1.165, 1.54) is 0 Å². The molecule has 0 aliphatic rings. The smallest absolute Gasteiger partial charge is 0.0309 e. The van der Waals surface area contributed by atoms with Gasteiger partial charge < -0.3 is 5.32 Å². The summed E-state index contributed by atoms with van der Waals surface area (Å²) in [5.74, 6) is 0. The zero-order valence-corrected chi connectivity index (χ0v) is 11.1. The summed E-state index contributed by atoms with van der Waals surface area (Å²) < 4.78 is 0. The molecule has 0 saturated carbocycles.